The summed E-state index contributed by atoms with van der Waals surface area (Å²) in [4.78, 5) is 14.1. The third-order valence-corrected chi connectivity index (χ3v) is 2.71. The molecule has 7 heteroatoms. The van der Waals surface area contributed by atoms with Crippen molar-refractivity contribution in [3.05, 3.63) is 51.6 Å². The zero-order chi connectivity index (χ0) is 13.1. The average Bonchev–Trinajstić information content (AvgIpc) is 2.72. The first-order valence-corrected chi connectivity index (χ1v) is 5.48. The molecule has 0 saturated heterocycles. The van der Waals surface area contributed by atoms with Crippen molar-refractivity contribution in [3.63, 3.8) is 0 Å². The number of nitrogens with zero attached hydrogens (tertiary/aromatic N) is 3. The SMILES string of the molecule is Cn1ccnc1COc1ccc([N+](=O)[O-])c(Cl)c1. The van der Waals surface area contributed by atoms with Crippen LogP contribution in [-0.4, -0.2) is 14.5 Å². The van der Waals surface area contributed by atoms with E-state index in [0.29, 0.717) is 5.75 Å². The summed E-state index contributed by atoms with van der Waals surface area (Å²) in [5, 5.41) is 10.6. The van der Waals surface area contributed by atoms with Crippen LogP contribution >= 0.6 is 11.6 Å². The monoisotopic (exact) mass is 267 g/mol. The first-order valence-electron chi connectivity index (χ1n) is 5.11. The van der Waals surface area contributed by atoms with E-state index in [1.54, 1.807) is 6.20 Å². The van der Waals surface area contributed by atoms with Crippen LogP contribution < -0.4 is 4.74 Å². The van der Waals surface area contributed by atoms with Crippen LogP contribution in [-0.2, 0) is 13.7 Å². The fourth-order valence-corrected chi connectivity index (χ4v) is 1.65. The molecular formula is C11H10ClN3O3. The predicted octanol–water partition coefficient (Wildman–Crippen LogP) is 2.56. The summed E-state index contributed by atoms with van der Waals surface area (Å²) in [5.41, 5.74) is -0.138. The number of imidazole rings is 1. The molecule has 1 aromatic carbocycles. The molecule has 0 spiro atoms. The molecule has 2 rings (SSSR count). The highest BCUT2D eigenvalue weighted by molar-refractivity contribution is 6.32. The molecule has 0 amide bonds. The standard InChI is InChI=1S/C11H10ClN3O3/c1-14-5-4-13-11(14)7-18-8-2-3-10(15(16)17)9(12)6-8/h2-6H,7H2,1H3. The molecule has 94 valence electrons. The van der Waals surface area contributed by atoms with Gasteiger partial charge in [-0.25, -0.2) is 4.98 Å². The molecule has 0 radical (unpaired) electrons. The van der Waals surface area contributed by atoms with Crippen LogP contribution in [0.2, 0.25) is 5.02 Å². The predicted molar refractivity (Wildman–Crippen MR) is 65.6 cm³/mol. The summed E-state index contributed by atoms with van der Waals surface area (Å²) in [7, 11) is 1.86. The molecule has 1 heterocycles. The van der Waals surface area contributed by atoms with Gasteiger partial charge in [0.05, 0.1) is 4.92 Å². The number of nitro benzene ring substituents is 1. The van der Waals surface area contributed by atoms with Gasteiger partial charge in [-0.1, -0.05) is 11.6 Å². The Labute approximate surface area is 108 Å². The van der Waals surface area contributed by atoms with Gasteiger partial charge in [0.2, 0.25) is 0 Å². The molecule has 0 unspecified atom stereocenters. The van der Waals surface area contributed by atoms with Gasteiger partial charge in [0, 0.05) is 31.6 Å². The van der Waals surface area contributed by atoms with Crippen molar-refractivity contribution in [2.24, 2.45) is 7.05 Å². The third kappa shape index (κ3) is 2.60. The number of aryl methyl sites for hydroxylation is 1. The molecular weight excluding hydrogens is 258 g/mol. The molecule has 0 N–H and O–H groups in total. The van der Waals surface area contributed by atoms with Gasteiger partial charge in [0.15, 0.2) is 0 Å². The fraction of sp³-hybridized carbons (Fsp3) is 0.182. The van der Waals surface area contributed by atoms with E-state index >= 15 is 0 Å². The number of hydrogen-bond donors (Lipinski definition) is 0. The summed E-state index contributed by atoms with van der Waals surface area (Å²) >= 11 is 5.77. The quantitative estimate of drug-likeness (QED) is 0.630. The average molecular weight is 268 g/mol. The molecule has 0 atom stereocenters. The normalized spacial score (nSPS) is 10.3. The smallest absolute Gasteiger partial charge is 0.288 e. The number of benzene rings is 1. The van der Waals surface area contributed by atoms with Gasteiger partial charge in [-0.3, -0.25) is 10.1 Å². The van der Waals surface area contributed by atoms with Crippen LogP contribution in [0.4, 0.5) is 5.69 Å². The van der Waals surface area contributed by atoms with Crippen molar-refractivity contribution in [2.75, 3.05) is 0 Å². The van der Waals surface area contributed by atoms with Crippen LogP contribution in [0.3, 0.4) is 0 Å². The topological polar surface area (TPSA) is 70.2 Å². The molecule has 0 saturated carbocycles. The maximum absolute atomic E-state index is 10.6. The Bertz CT molecular complexity index is 583. The molecule has 18 heavy (non-hydrogen) atoms. The van der Waals surface area contributed by atoms with E-state index in [2.05, 4.69) is 4.98 Å². The second-order valence-electron chi connectivity index (χ2n) is 3.61. The lowest BCUT2D eigenvalue weighted by Gasteiger charge is -2.06. The number of rotatable bonds is 4. The summed E-state index contributed by atoms with van der Waals surface area (Å²) in [5.74, 6) is 1.22. The molecule has 0 aliphatic rings. The van der Waals surface area contributed by atoms with Crippen molar-refractivity contribution >= 4 is 17.3 Å². The Morgan fingerprint density at radius 2 is 2.33 bits per heavy atom. The molecule has 0 fully saturated rings. The zero-order valence-electron chi connectivity index (χ0n) is 9.54. The van der Waals surface area contributed by atoms with Crippen LogP contribution in [0.15, 0.2) is 30.6 Å². The molecule has 2 aromatic rings. The zero-order valence-corrected chi connectivity index (χ0v) is 10.3. The lowest BCUT2D eigenvalue weighted by Crippen LogP contribution is -2.03. The van der Waals surface area contributed by atoms with Gasteiger partial charge in [-0.2, -0.15) is 0 Å². The van der Waals surface area contributed by atoms with Gasteiger partial charge in [-0.05, 0) is 6.07 Å². The molecule has 0 bridgehead atoms. The number of hydrogen-bond acceptors (Lipinski definition) is 4. The maximum atomic E-state index is 10.6. The van der Waals surface area contributed by atoms with Crippen molar-refractivity contribution < 1.29 is 9.66 Å². The van der Waals surface area contributed by atoms with Crippen LogP contribution in [0.25, 0.3) is 0 Å². The number of aromatic nitrogens is 2. The van der Waals surface area contributed by atoms with Gasteiger partial charge in [0.1, 0.15) is 23.2 Å². The number of halogens is 1. The summed E-state index contributed by atoms with van der Waals surface area (Å²) in [6.07, 6.45) is 3.48. The van der Waals surface area contributed by atoms with E-state index in [4.69, 9.17) is 16.3 Å². The van der Waals surface area contributed by atoms with Crippen LogP contribution in [0, 0.1) is 10.1 Å². The summed E-state index contributed by atoms with van der Waals surface area (Å²) in [6.45, 7) is 0.275. The Balaban J connectivity index is 2.09. The highest BCUT2D eigenvalue weighted by atomic mass is 35.5. The van der Waals surface area contributed by atoms with Gasteiger partial charge >= 0.3 is 0 Å². The van der Waals surface area contributed by atoms with Gasteiger partial charge in [-0.15, -0.1) is 0 Å². The van der Waals surface area contributed by atoms with Crippen molar-refractivity contribution in [3.8, 4) is 5.75 Å². The highest BCUT2D eigenvalue weighted by Gasteiger charge is 2.12. The minimum absolute atomic E-state index is 0.0531. The van der Waals surface area contributed by atoms with Gasteiger partial charge in [0.25, 0.3) is 5.69 Å². The first-order chi connectivity index (χ1) is 8.58. The number of ether oxygens (including phenoxy) is 1. The van der Waals surface area contributed by atoms with E-state index in [0.717, 1.165) is 5.82 Å². The Morgan fingerprint density at radius 1 is 1.56 bits per heavy atom. The summed E-state index contributed by atoms with van der Waals surface area (Å²) < 4.78 is 7.28. The molecule has 1 aromatic heterocycles. The van der Waals surface area contributed by atoms with E-state index in [9.17, 15) is 10.1 Å². The third-order valence-electron chi connectivity index (χ3n) is 2.40. The maximum Gasteiger partial charge on any atom is 0.288 e. The minimum Gasteiger partial charge on any atom is -0.486 e. The largest absolute Gasteiger partial charge is 0.486 e. The minimum atomic E-state index is -0.537. The molecule has 0 aliphatic heterocycles. The fourth-order valence-electron chi connectivity index (χ4n) is 1.41. The Morgan fingerprint density at radius 3 is 2.89 bits per heavy atom. The van der Waals surface area contributed by atoms with E-state index < -0.39 is 4.92 Å². The second-order valence-corrected chi connectivity index (χ2v) is 4.02. The molecule has 0 aliphatic carbocycles. The lowest BCUT2D eigenvalue weighted by atomic mass is 10.3. The summed E-state index contributed by atoms with van der Waals surface area (Å²) in [6, 6.07) is 4.24. The Hall–Kier alpha value is -2.08. The first kappa shape index (κ1) is 12.4. The van der Waals surface area contributed by atoms with E-state index in [1.165, 1.54) is 18.2 Å². The van der Waals surface area contributed by atoms with Crippen molar-refractivity contribution in [2.45, 2.75) is 6.61 Å². The molecule has 6 nitrogen and oxygen atoms in total. The highest BCUT2D eigenvalue weighted by Crippen LogP contribution is 2.28. The number of nitro groups is 1. The van der Waals surface area contributed by atoms with E-state index in [1.807, 2.05) is 17.8 Å². The van der Waals surface area contributed by atoms with Crippen molar-refractivity contribution in [1.82, 2.24) is 9.55 Å². The van der Waals surface area contributed by atoms with Gasteiger partial charge < -0.3 is 9.30 Å². The van der Waals surface area contributed by atoms with Crippen LogP contribution in [0.1, 0.15) is 5.82 Å². The lowest BCUT2D eigenvalue weighted by molar-refractivity contribution is -0.384. The van der Waals surface area contributed by atoms with Crippen LogP contribution in [0.5, 0.6) is 5.75 Å². The van der Waals surface area contributed by atoms with E-state index in [-0.39, 0.29) is 17.3 Å². The second kappa shape index (κ2) is 5.05. The Kier molecular flexibility index (Phi) is 3.47. The van der Waals surface area contributed by atoms with Crippen molar-refractivity contribution in [1.29, 1.82) is 0 Å².